The van der Waals surface area contributed by atoms with Crippen molar-refractivity contribution in [3.63, 3.8) is 0 Å². The number of hydrogen-bond acceptors (Lipinski definition) is 0. The van der Waals surface area contributed by atoms with E-state index in [0.29, 0.717) is 0 Å². The first-order chi connectivity index (χ1) is 20.9. The first-order valence-electron chi connectivity index (χ1n) is 14.6. The van der Waals surface area contributed by atoms with Gasteiger partial charge in [0.2, 0.25) is 0 Å². The second-order valence-electron chi connectivity index (χ2n) is 11.2. The first kappa shape index (κ1) is 23.3. The van der Waals surface area contributed by atoms with Crippen LogP contribution in [0, 0.1) is 0 Å². The van der Waals surface area contributed by atoms with Crippen molar-refractivity contribution >= 4 is 43.8 Å². The Kier molecular flexibility index (Phi) is 5.00. The van der Waals surface area contributed by atoms with Gasteiger partial charge in [-0.3, -0.25) is 0 Å². The summed E-state index contributed by atoms with van der Waals surface area (Å²) in [5.41, 5.74) is 15.7. The van der Waals surface area contributed by atoms with Crippen molar-refractivity contribution in [1.29, 1.82) is 0 Å². The third-order valence-electron chi connectivity index (χ3n) is 9.00. The zero-order valence-electron chi connectivity index (χ0n) is 23.0. The second kappa shape index (κ2) is 9.03. The lowest BCUT2D eigenvalue weighted by Gasteiger charge is -2.14. The fourth-order valence-corrected chi connectivity index (χ4v) is 7.21. The summed E-state index contributed by atoms with van der Waals surface area (Å²) in [7, 11) is 0. The summed E-state index contributed by atoms with van der Waals surface area (Å²) in [5.74, 6) is 0. The van der Waals surface area contributed by atoms with E-state index < -0.39 is 0 Å². The molecule has 0 aromatic heterocycles. The Morgan fingerprint density at radius 2 is 0.690 bits per heavy atom. The number of rotatable bonds is 3. The minimum atomic E-state index is 1.24. The van der Waals surface area contributed by atoms with Crippen molar-refractivity contribution in [2.24, 2.45) is 0 Å². The van der Waals surface area contributed by atoms with E-state index in [1.807, 2.05) is 0 Å². The molecule has 0 nitrogen and oxygen atoms in total. The first-order valence-corrected chi connectivity index (χ1v) is 14.6. The van der Waals surface area contributed by atoms with Gasteiger partial charge < -0.3 is 0 Å². The fourth-order valence-electron chi connectivity index (χ4n) is 7.21. The lowest BCUT2D eigenvalue weighted by molar-refractivity contribution is 1.54. The van der Waals surface area contributed by atoms with Gasteiger partial charge in [-0.05, 0) is 94.4 Å². The number of allylic oxidation sites excluding steroid dienone is 2. The molecule has 2 aliphatic rings. The molecule has 0 radical (unpaired) electrons. The number of hydrogen-bond donors (Lipinski definition) is 0. The van der Waals surface area contributed by atoms with E-state index in [1.54, 1.807) is 0 Å². The molecule has 0 fully saturated rings. The molecular weight excluding hydrogens is 504 g/mol. The van der Waals surface area contributed by atoms with Gasteiger partial charge in [0.25, 0.3) is 0 Å². The van der Waals surface area contributed by atoms with E-state index in [9.17, 15) is 0 Å². The molecule has 0 saturated carbocycles. The van der Waals surface area contributed by atoms with Crippen LogP contribution in [0.3, 0.4) is 0 Å². The highest BCUT2D eigenvalue weighted by molar-refractivity contribution is 6.37. The highest BCUT2D eigenvalue weighted by atomic mass is 14.4. The van der Waals surface area contributed by atoms with Crippen LogP contribution in [0.5, 0.6) is 0 Å². The molecule has 7 aromatic rings. The van der Waals surface area contributed by atoms with Crippen LogP contribution < -0.4 is 0 Å². The third kappa shape index (κ3) is 3.30. The molecule has 0 aliphatic heterocycles. The maximum atomic E-state index is 2.33. The topological polar surface area (TPSA) is 0 Å². The van der Waals surface area contributed by atoms with Gasteiger partial charge in [0, 0.05) is 0 Å². The average molecular weight is 531 g/mol. The predicted molar refractivity (Wildman–Crippen MR) is 178 cm³/mol. The Morgan fingerprint density at radius 1 is 0.238 bits per heavy atom. The zero-order chi connectivity index (χ0) is 27.6. The van der Waals surface area contributed by atoms with E-state index in [4.69, 9.17) is 0 Å². The van der Waals surface area contributed by atoms with Gasteiger partial charge in [-0.25, -0.2) is 0 Å². The Morgan fingerprint density at radius 3 is 1.33 bits per heavy atom. The lowest BCUT2D eigenvalue weighted by Crippen LogP contribution is -1.94. The Bertz CT molecular complexity index is 2270. The SMILES string of the molecule is c1ccc(-c2ccc3c(C4=C5C(=C(c6cccc7ccccc67)c6ccccc65)c5ccccc54)cccc3c2)cc1. The summed E-state index contributed by atoms with van der Waals surface area (Å²) < 4.78 is 0. The van der Waals surface area contributed by atoms with Crippen LogP contribution in [0.2, 0.25) is 0 Å². The second-order valence-corrected chi connectivity index (χ2v) is 11.2. The highest BCUT2D eigenvalue weighted by Gasteiger charge is 2.37. The molecule has 9 rings (SSSR count). The van der Waals surface area contributed by atoms with Crippen LogP contribution in [0.25, 0.3) is 55.0 Å². The van der Waals surface area contributed by atoms with E-state index in [-0.39, 0.29) is 0 Å². The molecule has 0 amide bonds. The van der Waals surface area contributed by atoms with Gasteiger partial charge in [0.05, 0.1) is 0 Å². The van der Waals surface area contributed by atoms with Crippen molar-refractivity contribution in [3.05, 3.63) is 191 Å². The Balaban J connectivity index is 1.37. The summed E-state index contributed by atoms with van der Waals surface area (Å²) in [6.07, 6.45) is 0. The molecule has 42 heavy (non-hydrogen) atoms. The Labute approximate surface area is 245 Å². The van der Waals surface area contributed by atoms with Gasteiger partial charge in [0.1, 0.15) is 0 Å². The lowest BCUT2D eigenvalue weighted by atomic mass is 9.88. The summed E-state index contributed by atoms with van der Waals surface area (Å²) in [6.45, 7) is 0. The maximum absolute atomic E-state index is 2.33. The summed E-state index contributed by atoms with van der Waals surface area (Å²) in [5, 5.41) is 5.11. The van der Waals surface area contributed by atoms with Gasteiger partial charge in [-0.1, -0.05) is 152 Å². The molecule has 0 heteroatoms. The van der Waals surface area contributed by atoms with E-state index in [0.717, 1.165) is 0 Å². The van der Waals surface area contributed by atoms with Crippen molar-refractivity contribution in [2.45, 2.75) is 0 Å². The average Bonchev–Trinajstić information content (AvgIpc) is 3.57. The molecule has 0 N–H and O–H groups in total. The number of benzene rings is 7. The molecule has 194 valence electrons. The molecule has 7 aromatic carbocycles. The van der Waals surface area contributed by atoms with Crippen molar-refractivity contribution < 1.29 is 0 Å². The molecule has 0 atom stereocenters. The minimum Gasteiger partial charge on any atom is -0.0622 e. The van der Waals surface area contributed by atoms with Crippen molar-refractivity contribution in [2.75, 3.05) is 0 Å². The number of fused-ring (bicyclic) bond motifs is 7. The largest absolute Gasteiger partial charge is 0.0622 e. The van der Waals surface area contributed by atoms with Gasteiger partial charge >= 0.3 is 0 Å². The van der Waals surface area contributed by atoms with E-state index >= 15 is 0 Å². The van der Waals surface area contributed by atoms with Crippen LogP contribution in [-0.4, -0.2) is 0 Å². The minimum absolute atomic E-state index is 1.24. The molecular formula is C42H26. The summed E-state index contributed by atoms with van der Waals surface area (Å²) in [4.78, 5) is 0. The molecule has 0 unspecified atom stereocenters. The third-order valence-corrected chi connectivity index (χ3v) is 9.00. The predicted octanol–water partition coefficient (Wildman–Crippen LogP) is 10.9. The van der Waals surface area contributed by atoms with Crippen molar-refractivity contribution in [1.82, 2.24) is 0 Å². The van der Waals surface area contributed by atoms with Crippen LogP contribution in [0.15, 0.2) is 158 Å². The van der Waals surface area contributed by atoms with Crippen LogP contribution in [-0.2, 0) is 0 Å². The smallest absolute Gasteiger partial charge is 0.000741 e. The van der Waals surface area contributed by atoms with Crippen LogP contribution >= 0.6 is 0 Å². The van der Waals surface area contributed by atoms with E-state index in [2.05, 4.69) is 158 Å². The van der Waals surface area contributed by atoms with Crippen molar-refractivity contribution in [3.8, 4) is 11.1 Å². The fraction of sp³-hybridized carbons (Fsp3) is 0. The monoisotopic (exact) mass is 530 g/mol. The normalized spacial score (nSPS) is 13.5. The molecule has 0 heterocycles. The van der Waals surface area contributed by atoms with Gasteiger partial charge in [-0.15, -0.1) is 0 Å². The Hall–Kier alpha value is -5.46. The van der Waals surface area contributed by atoms with Gasteiger partial charge in [0.15, 0.2) is 0 Å². The van der Waals surface area contributed by atoms with Gasteiger partial charge in [-0.2, -0.15) is 0 Å². The summed E-state index contributed by atoms with van der Waals surface area (Å²) >= 11 is 0. The van der Waals surface area contributed by atoms with Crippen LogP contribution in [0.4, 0.5) is 0 Å². The quantitative estimate of drug-likeness (QED) is 0.213. The maximum Gasteiger partial charge on any atom is -0.000741 e. The molecule has 2 aliphatic carbocycles. The van der Waals surface area contributed by atoms with E-state index in [1.165, 1.54) is 88.3 Å². The molecule has 0 saturated heterocycles. The summed E-state index contributed by atoms with van der Waals surface area (Å²) in [6, 6.07) is 57.8. The standard InChI is InChI=1S/C42H26/c1-2-12-27(13-3-1)29-24-25-32-30(26-29)16-11-23-34(32)40-36-19-7-9-21-38(36)41-39(35-18-6-8-20-37(35)42(40)41)33-22-10-15-28-14-4-5-17-31(28)33/h1-26H. The van der Waals surface area contributed by atoms with Crippen LogP contribution in [0.1, 0.15) is 33.4 Å². The zero-order valence-corrected chi connectivity index (χ0v) is 23.0. The molecule has 0 bridgehead atoms. The highest BCUT2D eigenvalue weighted by Crippen LogP contribution is 2.59. The molecule has 0 spiro atoms.